The number of likely N-dealkylation sites (N-methyl/N-ethyl adjacent to an activating group) is 1. The molecular weight excluding hydrogens is 214 g/mol. The van der Waals surface area contributed by atoms with Crippen molar-refractivity contribution in [1.82, 2.24) is 15.5 Å². The second-order valence-electron chi connectivity index (χ2n) is 4.79. The number of hydrogen-bond donors (Lipinski definition) is 2. The Morgan fingerprint density at radius 1 is 1.18 bits per heavy atom. The van der Waals surface area contributed by atoms with Gasteiger partial charge in [0.2, 0.25) is 5.91 Å². The summed E-state index contributed by atoms with van der Waals surface area (Å²) >= 11 is 0. The number of nitrogens with zero attached hydrogens (tertiary/aromatic N) is 1. The molecular formula is C13H29N3O. The van der Waals surface area contributed by atoms with E-state index in [1.807, 2.05) is 20.8 Å². The first kappa shape index (κ1) is 16.4. The average Bonchev–Trinajstić information content (AvgIpc) is 2.29. The molecule has 0 fully saturated rings. The standard InChI is InChI=1S/C13H29N3O/c1-6-15-13(4,5)12(17)14-10-9-11-16(7-2)8-3/h15H,6-11H2,1-5H3,(H,14,17). The Morgan fingerprint density at radius 2 is 1.76 bits per heavy atom. The van der Waals surface area contributed by atoms with Crippen molar-refractivity contribution in [2.45, 2.75) is 46.6 Å². The molecule has 0 unspecified atom stereocenters. The Kier molecular flexibility index (Phi) is 8.17. The lowest BCUT2D eigenvalue weighted by atomic mass is 10.0. The number of hydrogen-bond acceptors (Lipinski definition) is 3. The fraction of sp³-hybridized carbons (Fsp3) is 0.923. The third-order valence-corrected chi connectivity index (χ3v) is 3.02. The quantitative estimate of drug-likeness (QED) is 0.599. The van der Waals surface area contributed by atoms with E-state index >= 15 is 0 Å². The van der Waals surface area contributed by atoms with Crippen molar-refractivity contribution < 1.29 is 4.79 Å². The van der Waals surface area contributed by atoms with Crippen LogP contribution in [0.4, 0.5) is 0 Å². The minimum atomic E-state index is -0.468. The SMILES string of the molecule is CCNC(C)(C)C(=O)NCCCN(CC)CC. The second kappa shape index (κ2) is 8.48. The highest BCUT2D eigenvalue weighted by Gasteiger charge is 2.25. The Morgan fingerprint density at radius 3 is 2.24 bits per heavy atom. The van der Waals surface area contributed by atoms with Gasteiger partial charge in [-0.15, -0.1) is 0 Å². The van der Waals surface area contributed by atoms with Gasteiger partial charge in [0.05, 0.1) is 5.54 Å². The number of amides is 1. The van der Waals surface area contributed by atoms with Crippen molar-refractivity contribution in [3.8, 4) is 0 Å². The van der Waals surface area contributed by atoms with Gasteiger partial charge in [-0.3, -0.25) is 4.79 Å². The molecule has 4 heteroatoms. The van der Waals surface area contributed by atoms with Gasteiger partial charge in [-0.1, -0.05) is 20.8 Å². The lowest BCUT2D eigenvalue weighted by Crippen LogP contribution is -2.52. The predicted octanol–water partition coefficient (Wildman–Crippen LogP) is 1.22. The Labute approximate surface area is 106 Å². The van der Waals surface area contributed by atoms with Crippen LogP contribution in [0.1, 0.15) is 41.0 Å². The third kappa shape index (κ3) is 6.64. The normalized spacial score (nSPS) is 11.9. The molecule has 0 spiro atoms. The van der Waals surface area contributed by atoms with E-state index in [9.17, 15) is 4.79 Å². The summed E-state index contributed by atoms with van der Waals surface area (Å²) in [6.45, 7) is 14.9. The average molecular weight is 243 g/mol. The molecule has 0 aliphatic rings. The molecule has 102 valence electrons. The number of nitrogens with one attached hydrogen (secondary N) is 2. The fourth-order valence-electron chi connectivity index (χ4n) is 1.79. The van der Waals surface area contributed by atoms with Crippen LogP contribution in [0.3, 0.4) is 0 Å². The van der Waals surface area contributed by atoms with Crippen LogP contribution in [-0.4, -0.2) is 49.1 Å². The van der Waals surface area contributed by atoms with Crippen molar-refractivity contribution in [2.75, 3.05) is 32.7 Å². The maximum absolute atomic E-state index is 11.9. The molecule has 4 nitrogen and oxygen atoms in total. The zero-order valence-electron chi connectivity index (χ0n) is 12.1. The third-order valence-electron chi connectivity index (χ3n) is 3.02. The molecule has 0 atom stereocenters. The van der Waals surface area contributed by atoms with Crippen molar-refractivity contribution in [3.05, 3.63) is 0 Å². The van der Waals surface area contributed by atoms with Gasteiger partial charge in [0.25, 0.3) is 0 Å². The first-order valence-electron chi connectivity index (χ1n) is 6.73. The van der Waals surface area contributed by atoms with E-state index in [0.29, 0.717) is 0 Å². The zero-order valence-corrected chi connectivity index (χ0v) is 12.1. The van der Waals surface area contributed by atoms with Gasteiger partial charge < -0.3 is 15.5 Å². The Hall–Kier alpha value is -0.610. The highest BCUT2D eigenvalue weighted by Crippen LogP contribution is 2.01. The summed E-state index contributed by atoms with van der Waals surface area (Å²) in [5.41, 5.74) is -0.468. The predicted molar refractivity (Wildman–Crippen MR) is 73.2 cm³/mol. The van der Waals surface area contributed by atoms with E-state index in [2.05, 4.69) is 29.4 Å². The van der Waals surface area contributed by atoms with E-state index in [4.69, 9.17) is 0 Å². The smallest absolute Gasteiger partial charge is 0.239 e. The van der Waals surface area contributed by atoms with Gasteiger partial charge in [0.15, 0.2) is 0 Å². The number of carbonyl (C=O) groups is 1. The Balaban J connectivity index is 3.78. The molecule has 0 aromatic rings. The fourth-order valence-corrected chi connectivity index (χ4v) is 1.79. The summed E-state index contributed by atoms with van der Waals surface area (Å²) in [6, 6.07) is 0. The van der Waals surface area contributed by atoms with E-state index < -0.39 is 5.54 Å². The van der Waals surface area contributed by atoms with Crippen LogP contribution in [0.5, 0.6) is 0 Å². The molecule has 0 rings (SSSR count). The van der Waals surface area contributed by atoms with E-state index in [1.165, 1.54) is 0 Å². The lowest BCUT2D eigenvalue weighted by Gasteiger charge is -2.25. The lowest BCUT2D eigenvalue weighted by molar-refractivity contribution is -0.126. The molecule has 0 aromatic carbocycles. The summed E-state index contributed by atoms with van der Waals surface area (Å²) < 4.78 is 0. The van der Waals surface area contributed by atoms with Crippen LogP contribution in [-0.2, 0) is 4.79 Å². The Bertz CT molecular complexity index is 213. The molecule has 0 aliphatic carbocycles. The first-order chi connectivity index (χ1) is 7.97. The molecule has 0 bridgehead atoms. The largest absolute Gasteiger partial charge is 0.354 e. The van der Waals surface area contributed by atoms with Crippen molar-refractivity contribution in [1.29, 1.82) is 0 Å². The van der Waals surface area contributed by atoms with Gasteiger partial charge in [-0.2, -0.15) is 0 Å². The summed E-state index contributed by atoms with van der Waals surface area (Å²) in [7, 11) is 0. The molecule has 17 heavy (non-hydrogen) atoms. The first-order valence-corrected chi connectivity index (χ1v) is 6.73. The monoisotopic (exact) mass is 243 g/mol. The van der Waals surface area contributed by atoms with Crippen LogP contribution in [0.2, 0.25) is 0 Å². The molecule has 0 aromatic heterocycles. The van der Waals surface area contributed by atoms with Crippen LogP contribution in [0, 0.1) is 0 Å². The van der Waals surface area contributed by atoms with E-state index in [1.54, 1.807) is 0 Å². The molecule has 0 radical (unpaired) electrons. The molecule has 2 N–H and O–H groups in total. The second-order valence-corrected chi connectivity index (χ2v) is 4.79. The molecule has 1 amide bonds. The van der Waals surface area contributed by atoms with Crippen LogP contribution in [0.15, 0.2) is 0 Å². The number of carbonyl (C=O) groups excluding carboxylic acids is 1. The van der Waals surface area contributed by atoms with E-state index in [0.717, 1.165) is 39.1 Å². The highest BCUT2D eigenvalue weighted by molar-refractivity contribution is 5.85. The zero-order chi connectivity index (χ0) is 13.3. The van der Waals surface area contributed by atoms with Gasteiger partial charge in [-0.25, -0.2) is 0 Å². The van der Waals surface area contributed by atoms with Gasteiger partial charge >= 0.3 is 0 Å². The molecule has 0 heterocycles. The van der Waals surface area contributed by atoms with Gasteiger partial charge in [0.1, 0.15) is 0 Å². The van der Waals surface area contributed by atoms with Crippen LogP contribution < -0.4 is 10.6 Å². The maximum Gasteiger partial charge on any atom is 0.239 e. The minimum Gasteiger partial charge on any atom is -0.354 e. The van der Waals surface area contributed by atoms with Crippen molar-refractivity contribution in [2.24, 2.45) is 0 Å². The minimum absolute atomic E-state index is 0.0823. The molecule has 0 aliphatic heterocycles. The van der Waals surface area contributed by atoms with Crippen LogP contribution in [0.25, 0.3) is 0 Å². The summed E-state index contributed by atoms with van der Waals surface area (Å²) in [4.78, 5) is 14.2. The van der Waals surface area contributed by atoms with Gasteiger partial charge in [-0.05, 0) is 46.4 Å². The van der Waals surface area contributed by atoms with Gasteiger partial charge in [0, 0.05) is 6.54 Å². The highest BCUT2D eigenvalue weighted by atomic mass is 16.2. The summed E-state index contributed by atoms with van der Waals surface area (Å²) in [5, 5.41) is 6.15. The maximum atomic E-state index is 11.9. The van der Waals surface area contributed by atoms with Crippen LogP contribution >= 0.6 is 0 Å². The van der Waals surface area contributed by atoms with E-state index in [-0.39, 0.29) is 5.91 Å². The van der Waals surface area contributed by atoms with Crippen molar-refractivity contribution >= 4 is 5.91 Å². The van der Waals surface area contributed by atoms with Crippen molar-refractivity contribution in [3.63, 3.8) is 0 Å². The summed E-state index contributed by atoms with van der Waals surface area (Å²) in [6.07, 6.45) is 1.01. The number of rotatable bonds is 9. The molecule has 0 saturated carbocycles. The molecule has 0 saturated heterocycles. The summed E-state index contributed by atoms with van der Waals surface area (Å²) in [5.74, 6) is 0.0823. The topological polar surface area (TPSA) is 44.4 Å².